The smallest absolute Gasteiger partial charge is 0.289 e. The number of benzene rings is 2. The predicted molar refractivity (Wildman–Crippen MR) is 119 cm³/mol. The van der Waals surface area contributed by atoms with E-state index < -0.39 is 10.8 Å². The number of anilines is 2. The van der Waals surface area contributed by atoms with Gasteiger partial charge in [-0.25, -0.2) is 0 Å². The summed E-state index contributed by atoms with van der Waals surface area (Å²) in [5.74, 6) is -0.289. The van der Waals surface area contributed by atoms with E-state index >= 15 is 0 Å². The quantitative estimate of drug-likeness (QED) is 0.460. The summed E-state index contributed by atoms with van der Waals surface area (Å²) in [7, 11) is 0. The number of nitro groups is 1. The maximum atomic E-state index is 12.5. The molecule has 164 valence electrons. The van der Waals surface area contributed by atoms with Gasteiger partial charge in [-0.05, 0) is 36.4 Å². The molecule has 0 atom stereocenters. The van der Waals surface area contributed by atoms with Crippen molar-refractivity contribution < 1.29 is 18.9 Å². The van der Waals surface area contributed by atoms with E-state index in [1.807, 2.05) is 0 Å². The minimum Gasteiger partial charge on any atom is -0.459 e. The van der Waals surface area contributed by atoms with Crippen LogP contribution in [0, 0.1) is 10.1 Å². The first-order chi connectivity index (χ1) is 15.4. The van der Waals surface area contributed by atoms with E-state index in [0.29, 0.717) is 42.6 Å². The fourth-order valence-corrected chi connectivity index (χ4v) is 3.81. The third kappa shape index (κ3) is 4.57. The normalized spacial score (nSPS) is 13.7. The summed E-state index contributed by atoms with van der Waals surface area (Å²) in [6.45, 7) is 2.26. The highest BCUT2D eigenvalue weighted by Crippen LogP contribution is 2.30. The Morgan fingerprint density at radius 1 is 1.03 bits per heavy atom. The van der Waals surface area contributed by atoms with Gasteiger partial charge in [-0.3, -0.25) is 19.7 Å². The minimum absolute atomic E-state index is 0.139. The van der Waals surface area contributed by atoms with E-state index in [4.69, 9.17) is 16.0 Å². The Bertz CT molecular complexity index is 1160. The molecule has 0 unspecified atom stereocenters. The first-order valence-corrected chi connectivity index (χ1v) is 10.2. The number of nitro benzene ring substituents is 1. The second-order valence-corrected chi connectivity index (χ2v) is 7.59. The summed E-state index contributed by atoms with van der Waals surface area (Å²) in [6, 6.07) is 14.0. The molecule has 1 aromatic heterocycles. The van der Waals surface area contributed by atoms with E-state index in [-0.39, 0.29) is 17.2 Å². The van der Waals surface area contributed by atoms with Crippen molar-refractivity contribution in [3.8, 4) is 0 Å². The van der Waals surface area contributed by atoms with Gasteiger partial charge in [0.25, 0.3) is 17.5 Å². The van der Waals surface area contributed by atoms with Gasteiger partial charge in [0.15, 0.2) is 5.76 Å². The first kappa shape index (κ1) is 21.4. The molecule has 1 aliphatic rings. The topological polar surface area (TPSA) is 109 Å². The Kier molecular flexibility index (Phi) is 6.09. The molecule has 0 bridgehead atoms. The lowest BCUT2D eigenvalue weighted by Gasteiger charge is -2.36. The Labute approximate surface area is 188 Å². The number of piperazine rings is 1. The second kappa shape index (κ2) is 9.11. The van der Waals surface area contributed by atoms with E-state index in [1.165, 1.54) is 30.5 Å². The van der Waals surface area contributed by atoms with Crippen LogP contribution in [0.3, 0.4) is 0 Å². The first-order valence-electron chi connectivity index (χ1n) is 9.85. The van der Waals surface area contributed by atoms with Crippen LogP contribution >= 0.6 is 11.6 Å². The van der Waals surface area contributed by atoms with Crippen LogP contribution in [0.5, 0.6) is 0 Å². The SMILES string of the molecule is O=C(Nc1ccc(N2CCN(C(=O)c3ccco3)CC2)c(Cl)c1)c1cccc([N+](=O)[O-])c1. The Morgan fingerprint density at radius 3 is 2.47 bits per heavy atom. The van der Waals surface area contributed by atoms with Crippen molar-refractivity contribution in [3.63, 3.8) is 0 Å². The number of carbonyl (C=O) groups is 2. The number of nitrogens with one attached hydrogen (secondary N) is 1. The number of carbonyl (C=O) groups excluding carboxylic acids is 2. The van der Waals surface area contributed by atoms with Gasteiger partial charge in [0.05, 0.1) is 21.9 Å². The summed E-state index contributed by atoms with van der Waals surface area (Å²) in [4.78, 5) is 39.0. The summed E-state index contributed by atoms with van der Waals surface area (Å²) >= 11 is 6.46. The molecular weight excluding hydrogens is 436 g/mol. The molecule has 2 heterocycles. The van der Waals surface area contributed by atoms with Crippen LogP contribution in [-0.4, -0.2) is 47.8 Å². The number of rotatable bonds is 5. The number of furan rings is 1. The third-order valence-corrected chi connectivity index (χ3v) is 5.47. The molecule has 1 N–H and O–H groups in total. The molecule has 0 aliphatic carbocycles. The molecule has 0 saturated carbocycles. The van der Waals surface area contributed by atoms with Crippen molar-refractivity contribution in [1.29, 1.82) is 0 Å². The van der Waals surface area contributed by atoms with Crippen molar-refractivity contribution in [1.82, 2.24) is 4.90 Å². The molecule has 2 aromatic carbocycles. The van der Waals surface area contributed by atoms with Gasteiger partial charge in [0.1, 0.15) is 0 Å². The summed E-state index contributed by atoms with van der Waals surface area (Å²) in [5.41, 5.74) is 1.29. The van der Waals surface area contributed by atoms with Gasteiger partial charge in [-0.15, -0.1) is 0 Å². The number of nitrogens with zero attached hydrogens (tertiary/aromatic N) is 3. The zero-order valence-electron chi connectivity index (χ0n) is 16.9. The highest BCUT2D eigenvalue weighted by molar-refractivity contribution is 6.33. The molecule has 0 radical (unpaired) electrons. The van der Waals surface area contributed by atoms with Crippen LogP contribution in [-0.2, 0) is 0 Å². The van der Waals surface area contributed by atoms with Crippen molar-refractivity contribution in [2.45, 2.75) is 0 Å². The van der Waals surface area contributed by atoms with Gasteiger partial charge in [0, 0.05) is 49.6 Å². The van der Waals surface area contributed by atoms with E-state index in [9.17, 15) is 19.7 Å². The van der Waals surface area contributed by atoms with Gasteiger partial charge in [-0.2, -0.15) is 0 Å². The number of non-ortho nitro benzene ring substituents is 1. The highest BCUT2D eigenvalue weighted by atomic mass is 35.5. The van der Waals surface area contributed by atoms with Crippen LogP contribution in [0.1, 0.15) is 20.9 Å². The summed E-state index contributed by atoms with van der Waals surface area (Å²) in [5, 5.41) is 14.1. The lowest BCUT2D eigenvalue weighted by atomic mass is 10.1. The molecule has 0 spiro atoms. The molecule has 4 rings (SSSR count). The van der Waals surface area contributed by atoms with E-state index in [1.54, 1.807) is 35.2 Å². The monoisotopic (exact) mass is 454 g/mol. The van der Waals surface area contributed by atoms with E-state index in [2.05, 4.69) is 10.2 Å². The van der Waals surface area contributed by atoms with E-state index in [0.717, 1.165) is 5.69 Å². The summed E-state index contributed by atoms with van der Waals surface area (Å²) in [6.07, 6.45) is 1.47. The maximum absolute atomic E-state index is 12.5. The average Bonchev–Trinajstić information content (AvgIpc) is 3.34. The van der Waals surface area contributed by atoms with Gasteiger partial charge in [0.2, 0.25) is 0 Å². The lowest BCUT2D eigenvalue weighted by Crippen LogP contribution is -2.48. The largest absolute Gasteiger partial charge is 0.459 e. The number of amides is 2. The van der Waals surface area contributed by atoms with Crippen LogP contribution in [0.25, 0.3) is 0 Å². The lowest BCUT2D eigenvalue weighted by molar-refractivity contribution is -0.384. The number of hydrogen-bond donors (Lipinski definition) is 1. The Balaban J connectivity index is 1.39. The molecule has 1 fully saturated rings. The fraction of sp³-hybridized carbons (Fsp3) is 0.182. The Hall–Kier alpha value is -3.85. The molecule has 1 aliphatic heterocycles. The molecule has 2 amide bonds. The van der Waals surface area contributed by atoms with Gasteiger partial charge in [-0.1, -0.05) is 17.7 Å². The Morgan fingerprint density at radius 2 is 1.81 bits per heavy atom. The fourth-order valence-electron chi connectivity index (χ4n) is 3.51. The van der Waals surface area contributed by atoms with Crippen LogP contribution in [0.4, 0.5) is 17.1 Å². The average molecular weight is 455 g/mol. The highest BCUT2D eigenvalue weighted by Gasteiger charge is 2.25. The van der Waals surface area contributed by atoms with Gasteiger partial charge >= 0.3 is 0 Å². The molecule has 32 heavy (non-hydrogen) atoms. The van der Waals surface area contributed by atoms with Gasteiger partial charge < -0.3 is 19.5 Å². The molecule has 1 saturated heterocycles. The van der Waals surface area contributed by atoms with Crippen molar-refractivity contribution >= 4 is 40.5 Å². The van der Waals surface area contributed by atoms with Crippen LogP contribution < -0.4 is 10.2 Å². The predicted octanol–water partition coefficient (Wildman–Crippen LogP) is 4.06. The van der Waals surface area contributed by atoms with Crippen molar-refractivity contribution in [3.05, 3.63) is 87.3 Å². The molecule has 9 nitrogen and oxygen atoms in total. The van der Waals surface area contributed by atoms with Crippen LogP contribution in [0.15, 0.2) is 65.3 Å². The molecule has 3 aromatic rings. The standard InChI is InChI=1S/C22H19ClN4O5/c23-18-14-16(24-21(28)15-3-1-4-17(13-15)27(30)31)6-7-19(18)25-8-10-26(11-9-25)22(29)20-5-2-12-32-20/h1-7,12-14H,8-11H2,(H,24,28). The van der Waals surface area contributed by atoms with Crippen LogP contribution in [0.2, 0.25) is 5.02 Å². The maximum Gasteiger partial charge on any atom is 0.289 e. The molecular formula is C22H19ClN4O5. The third-order valence-electron chi connectivity index (χ3n) is 5.16. The number of hydrogen-bond acceptors (Lipinski definition) is 6. The molecule has 10 heteroatoms. The zero-order valence-corrected chi connectivity index (χ0v) is 17.6. The number of halogens is 1. The zero-order chi connectivity index (χ0) is 22.7. The van der Waals surface area contributed by atoms with Crippen molar-refractivity contribution in [2.75, 3.05) is 36.4 Å². The minimum atomic E-state index is -0.551. The summed E-state index contributed by atoms with van der Waals surface area (Å²) < 4.78 is 5.18. The second-order valence-electron chi connectivity index (χ2n) is 7.18. The van der Waals surface area contributed by atoms with Crippen molar-refractivity contribution in [2.24, 2.45) is 0 Å².